The molecule has 0 fully saturated rings. The Morgan fingerprint density at radius 1 is 1.35 bits per heavy atom. The van der Waals surface area contributed by atoms with E-state index in [1.54, 1.807) is 35.9 Å². The molecule has 2 aromatic rings. The lowest BCUT2D eigenvalue weighted by atomic mass is 9.87. The van der Waals surface area contributed by atoms with Crippen molar-refractivity contribution in [2.75, 3.05) is 11.1 Å². The molecule has 2 heterocycles. The number of nitrogens with zero attached hydrogens (tertiary/aromatic N) is 2. The van der Waals surface area contributed by atoms with Crippen LogP contribution in [0.5, 0.6) is 5.75 Å². The maximum atomic E-state index is 12.5. The molecular formula is C16H17N3O3S. The van der Waals surface area contributed by atoms with Crippen molar-refractivity contribution in [1.29, 1.82) is 0 Å². The molecular weight excluding hydrogens is 314 g/mol. The third kappa shape index (κ3) is 2.84. The Kier molecular flexibility index (Phi) is 4.12. The van der Waals surface area contributed by atoms with Gasteiger partial charge in [-0.2, -0.15) is 4.98 Å². The first-order chi connectivity index (χ1) is 11.0. The number of carbonyl (C=O) groups is 1. The summed E-state index contributed by atoms with van der Waals surface area (Å²) in [5, 5.41) is 12.8. The molecule has 6 nitrogen and oxygen atoms in total. The molecule has 0 radical (unpaired) electrons. The molecule has 23 heavy (non-hydrogen) atoms. The number of nitrogens with one attached hydrogen (secondary N) is 1. The lowest BCUT2D eigenvalue weighted by molar-refractivity contribution is -0.116. The highest BCUT2D eigenvalue weighted by Crippen LogP contribution is 2.36. The van der Waals surface area contributed by atoms with Crippen molar-refractivity contribution in [2.45, 2.75) is 24.4 Å². The Hall–Kier alpha value is -2.28. The molecule has 0 saturated heterocycles. The van der Waals surface area contributed by atoms with Gasteiger partial charge in [0.05, 0.1) is 5.56 Å². The van der Waals surface area contributed by atoms with Gasteiger partial charge in [-0.1, -0.05) is 30.8 Å². The minimum atomic E-state index is -0.355. The zero-order valence-electron chi connectivity index (χ0n) is 12.9. The number of carbonyl (C=O) groups excluding carboxylic acids is 1. The highest BCUT2D eigenvalue weighted by molar-refractivity contribution is 7.99. The second kappa shape index (κ2) is 6.08. The second-order valence-electron chi connectivity index (χ2n) is 5.35. The number of benzene rings is 1. The van der Waals surface area contributed by atoms with Gasteiger partial charge in [0.1, 0.15) is 11.6 Å². The molecule has 1 amide bonds. The Morgan fingerprint density at radius 2 is 2.04 bits per heavy atom. The van der Waals surface area contributed by atoms with Crippen LogP contribution in [0.1, 0.15) is 30.4 Å². The number of phenols is 1. The SMILES string of the molecule is CCSc1nc(=O)c2c(n1C)NC(=O)C[C@@H]2c1ccc(O)cc1. The van der Waals surface area contributed by atoms with Crippen LogP contribution >= 0.6 is 11.8 Å². The fourth-order valence-electron chi connectivity index (χ4n) is 2.78. The van der Waals surface area contributed by atoms with Gasteiger partial charge in [-0.25, -0.2) is 0 Å². The molecule has 1 atom stereocenters. The lowest BCUT2D eigenvalue weighted by Crippen LogP contribution is -2.33. The molecule has 0 spiro atoms. The number of hydrogen-bond donors (Lipinski definition) is 2. The minimum Gasteiger partial charge on any atom is -0.508 e. The van der Waals surface area contributed by atoms with E-state index < -0.39 is 0 Å². The molecule has 1 aromatic heterocycles. The van der Waals surface area contributed by atoms with Gasteiger partial charge in [0, 0.05) is 19.4 Å². The summed E-state index contributed by atoms with van der Waals surface area (Å²) in [4.78, 5) is 28.8. The first-order valence-electron chi connectivity index (χ1n) is 7.33. The third-order valence-electron chi connectivity index (χ3n) is 3.87. The van der Waals surface area contributed by atoms with Gasteiger partial charge in [0.25, 0.3) is 5.56 Å². The molecule has 1 aliphatic rings. The first-order valence-corrected chi connectivity index (χ1v) is 8.32. The van der Waals surface area contributed by atoms with Crippen LogP contribution in [-0.4, -0.2) is 26.3 Å². The maximum Gasteiger partial charge on any atom is 0.279 e. The summed E-state index contributed by atoms with van der Waals surface area (Å²) in [5.41, 5.74) is 0.999. The third-order valence-corrected chi connectivity index (χ3v) is 4.78. The minimum absolute atomic E-state index is 0.135. The van der Waals surface area contributed by atoms with Crippen LogP contribution in [0.2, 0.25) is 0 Å². The van der Waals surface area contributed by atoms with E-state index in [0.29, 0.717) is 16.5 Å². The topological polar surface area (TPSA) is 84.2 Å². The molecule has 120 valence electrons. The van der Waals surface area contributed by atoms with Crippen LogP contribution in [0.15, 0.2) is 34.2 Å². The summed E-state index contributed by atoms with van der Waals surface area (Å²) in [6.45, 7) is 1.98. The van der Waals surface area contributed by atoms with Crippen LogP contribution < -0.4 is 10.9 Å². The Balaban J connectivity index is 2.18. The number of aromatic nitrogens is 2. The lowest BCUT2D eigenvalue weighted by Gasteiger charge is -2.27. The summed E-state index contributed by atoms with van der Waals surface area (Å²) < 4.78 is 1.76. The van der Waals surface area contributed by atoms with Crippen LogP contribution in [0.3, 0.4) is 0 Å². The average molecular weight is 331 g/mol. The summed E-state index contributed by atoms with van der Waals surface area (Å²) in [7, 11) is 1.79. The number of amides is 1. The molecule has 2 N–H and O–H groups in total. The van der Waals surface area contributed by atoms with E-state index in [2.05, 4.69) is 10.3 Å². The fraction of sp³-hybridized carbons (Fsp3) is 0.312. The van der Waals surface area contributed by atoms with Crippen molar-refractivity contribution < 1.29 is 9.90 Å². The summed E-state index contributed by atoms with van der Waals surface area (Å²) in [6.07, 6.45) is 0.189. The fourth-order valence-corrected chi connectivity index (χ4v) is 3.48. The zero-order valence-corrected chi connectivity index (χ0v) is 13.7. The Labute approximate surface area is 137 Å². The van der Waals surface area contributed by atoms with Gasteiger partial charge in [-0.05, 0) is 23.4 Å². The van der Waals surface area contributed by atoms with Crippen molar-refractivity contribution in [3.8, 4) is 5.75 Å². The number of hydrogen-bond acceptors (Lipinski definition) is 5. The van der Waals surface area contributed by atoms with Gasteiger partial charge < -0.3 is 15.0 Å². The van der Waals surface area contributed by atoms with Gasteiger partial charge in [-0.3, -0.25) is 9.59 Å². The van der Waals surface area contributed by atoms with E-state index in [-0.39, 0.29) is 29.6 Å². The van der Waals surface area contributed by atoms with Crippen molar-refractivity contribution in [1.82, 2.24) is 9.55 Å². The monoisotopic (exact) mass is 331 g/mol. The Bertz CT molecular complexity index is 815. The summed E-state index contributed by atoms with van der Waals surface area (Å²) >= 11 is 1.46. The average Bonchev–Trinajstić information content (AvgIpc) is 2.52. The molecule has 0 unspecified atom stereocenters. The van der Waals surface area contributed by atoms with Crippen molar-refractivity contribution in [3.05, 3.63) is 45.7 Å². The normalized spacial score (nSPS) is 16.8. The molecule has 7 heteroatoms. The Morgan fingerprint density at radius 3 is 2.70 bits per heavy atom. The van der Waals surface area contributed by atoms with E-state index in [9.17, 15) is 14.7 Å². The summed E-state index contributed by atoms with van der Waals surface area (Å²) in [6, 6.07) is 6.58. The zero-order chi connectivity index (χ0) is 16.6. The summed E-state index contributed by atoms with van der Waals surface area (Å²) in [5.74, 6) is 0.953. The quantitative estimate of drug-likeness (QED) is 0.664. The highest BCUT2D eigenvalue weighted by Gasteiger charge is 2.31. The maximum absolute atomic E-state index is 12.5. The highest BCUT2D eigenvalue weighted by atomic mass is 32.2. The van der Waals surface area contributed by atoms with Crippen molar-refractivity contribution >= 4 is 23.5 Å². The van der Waals surface area contributed by atoms with E-state index in [1.807, 2.05) is 6.92 Å². The molecule has 0 aliphatic carbocycles. The largest absolute Gasteiger partial charge is 0.508 e. The van der Waals surface area contributed by atoms with Crippen LogP contribution in [0.25, 0.3) is 0 Å². The van der Waals surface area contributed by atoms with Crippen LogP contribution in [0, 0.1) is 0 Å². The number of phenolic OH excluding ortho intramolecular Hbond substituents is 1. The first kappa shape index (κ1) is 15.6. The molecule has 0 bridgehead atoms. The number of rotatable bonds is 3. The van der Waals surface area contributed by atoms with Gasteiger partial charge >= 0.3 is 0 Å². The van der Waals surface area contributed by atoms with Gasteiger partial charge in [-0.15, -0.1) is 0 Å². The number of anilines is 1. The van der Waals surface area contributed by atoms with Crippen molar-refractivity contribution in [2.24, 2.45) is 7.05 Å². The van der Waals surface area contributed by atoms with Gasteiger partial charge in [0.2, 0.25) is 5.91 Å². The van der Waals surface area contributed by atoms with Crippen molar-refractivity contribution in [3.63, 3.8) is 0 Å². The number of fused-ring (bicyclic) bond motifs is 1. The van der Waals surface area contributed by atoms with E-state index in [0.717, 1.165) is 11.3 Å². The van der Waals surface area contributed by atoms with Crippen LogP contribution in [-0.2, 0) is 11.8 Å². The van der Waals surface area contributed by atoms with E-state index in [4.69, 9.17) is 0 Å². The molecule has 1 aromatic carbocycles. The smallest absolute Gasteiger partial charge is 0.279 e. The number of thioether (sulfide) groups is 1. The van der Waals surface area contributed by atoms with Gasteiger partial charge in [0.15, 0.2) is 5.16 Å². The predicted molar refractivity (Wildman–Crippen MR) is 89.1 cm³/mol. The second-order valence-corrected chi connectivity index (χ2v) is 6.58. The predicted octanol–water partition coefficient (Wildman–Crippen LogP) is 2.07. The molecule has 1 aliphatic heterocycles. The molecule has 3 rings (SSSR count). The van der Waals surface area contributed by atoms with E-state index in [1.165, 1.54) is 11.8 Å². The molecule has 0 saturated carbocycles. The van der Waals surface area contributed by atoms with Crippen LogP contribution in [0.4, 0.5) is 5.82 Å². The van der Waals surface area contributed by atoms with E-state index >= 15 is 0 Å². The number of aromatic hydroxyl groups is 1. The standard InChI is InChI=1S/C16H17N3O3S/c1-3-23-16-18-15(22)13-11(9-4-6-10(20)7-5-9)8-12(21)17-14(13)19(16)2/h4-7,11,20H,3,8H2,1-2H3,(H,17,21)/t11-/m1/s1.